The lowest BCUT2D eigenvalue weighted by molar-refractivity contribution is -0.117. The minimum atomic E-state index is -0.148. The van der Waals surface area contributed by atoms with E-state index < -0.39 is 0 Å². The van der Waals surface area contributed by atoms with E-state index in [1.54, 1.807) is 23.7 Å². The molecule has 6 heteroatoms. The summed E-state index contributed by atoms with van der Waals surface area (Å²) in [5, 5.41) is 11.5. The molecule has 5 nitrogen and oxygen atoms in total. The zero-order valence-corrected chi connectivity index (χ0v) is 13.5. The molecule has 0 fully saturated rings. The van der Waals surface area contributed by atoms with Crippen LogP contribution in [-0.2, 0) is 17.9 Å². The molecule has 0 spiro atoms. The fraction of sp³-hybridized carbons (Fsp3) is 0.312. The van der Waals surface area contributed by atoms with Crippen LogP contribution in [0.4, 0.5) is 0 Å². The standard InChI is InChI=1S/C16H19ClN4O/c1-3-8-21-11-14(19-20-21)10-18-16(22)12(2)9-13-6-4-5-7-15(13)17/h4-7,9,11H,3,8,10H2,1-2H3,(H,18,22)/b12-9+. The molecule has 1 amide bonds. The monoisotopic (exact) mass is 318 g/mol. The Balaban J connectivity index is 1.95. The SMILES string of the molecule is CCCn1cc(CNC(=O)/C(C)=C/c2ccccc2Cl)nn1. The van der Waals surface area contributed by atoms with Crippen molar-refractivity contribution >= 4 is 23.6 Å². The molecule has 2 rings (SSSR count). The van der Waals surface area contributed by atoms with Crippen LogP contribution in [0.3, 0.4) is 0 Å². The third-order valence-electron chi connectivity index (χ3n) is 3.10. The topological polar surface area (TPSA) is 59.8 Å². The highest BCUT2D eigenvalue weighted by molar-refractivity contribution is 6.32. The molecule has 0 bridgehead atoms. The van der Waals surface area contributed by atoms with E-state index in [0.717, 1.165) is 24.2 Å². The van der Waals surface area contributed by atoms with Crippen molar-refractivity contribution in [3.8, 4) is 0 Å². The van der Waals surface area contributed by atoms with E-state index in [9.17, 15) is 4.79 Å². The largest absolute Gasteiger partial charge is 0.347 e. The zero-order chi connectivity index (χ0) is 15.9. The molecule has 0 radical (unpaired) electrons. The Bertz CT molecular complexity index is 678. The number of amides is 1. The van der Waals surface area contributed by atoms with Gasteiger partial charge in [0.15, 0.2) is 0 Å². The van der Waals surface area contributed by atoms with Gasteiger partial charge in [0.25, 0.3) is 0 Å². The summed E-state index contributed by atoms with van der Waals surface area (Å²) in [4.78, 5) is 12.1. The van der Waals surface area contributed by atoms with Crippen LogP contribution in [0.15, 0.2) is 36.0 Å². The maximum absolute atomic E-state index is 12.1. The van der Waals surface area contributed by atoms with Crippen molar-refractivity contribution in [2.24, 2.45) is 0 Å². The first-order valence-electron chi connectivity index (χ1n) is 7.20. The van der Waals surface area contributed by atoms with Gasteiger partial charge >= 0.3 is 0 Å². The maximum atomic E-state index is 12.1. The fourth-order valence-electron chi connectivity index (χ4n) is 1.96. The van der Waals surface area contributed by atoms with Crippen LogP contribution < -0.4 is 5.32 Å². The number of nitrogens with zero attached hydrogens (tertiary/aromatic N) is 3. The molecule has 22 heavy (non-hydrogen) atoms. The third-order valence-corrected chi connectivity index (χ3v) is 3.45. The number of hydrogen-bond acceptors (Lipinski definition) is 3. The van der Waals surface area contributed by atoms with Gasteiger partial charge in [-0.1, -0.05) is 41.9 Å². The van der Waals surface area contributed by atoms with Gasteiger partial charge in [-0.3, -0.25) is 9.48 Å². The second-order valence-corrected chi connectivity index (χ2v) is 5.41. The van der Waals surface area contributed by atoms with E-state index in [0.29, 0.717) is 17.1 Å². The summed E-state index contributed by atoms with van der Waals surface area (Å²) in [6, 6.07) is 7.41. The van der Waals surface area contributed by atoms with Crippen molar-refractivity contribution in [3.63, 3.8) is 0 Å². The summed E-state index contributed by atoms with van der Waals surface area (Å²) < 4.78 is 1.77. The molecule has 0 atom stereocenters. The summed E-state index contributed by atoms with van der Waals surface area (Å²) in [7, 11) is 0. The first-order valence-corrected chi connectivity index (χ1v) is 7.58. The average Bonchev–Trinajstić information content (AvgIpc) is 2.95. The number of rotatable bonds is 6. The second kappa shape index (κ2) is 7.75. The minimum absolute atomic E-state index is 0.148. The Kier molecular flexibility index (Phi) is 5.72. The van der Waals surface area contributed by atoms with Crippen LogP contribution in [0.1, 0.15) is 31.5 Å². The van der Waals surface area contributed by atoms with Crippen LogP contribution in [0, 0.1) is 0 Å². The fourth-order valence-corrected chi connectivity index (χ4v) is 2.15. The molecule has 0 aliphatic heterocycles. The molecule has 1 heterocycles. The van der Waals surface area contributed by atoms with Crippen molar-refractivity contribution in [1.29, 1.82) is 0 Å². The molecule has 2 aromatic rings. The van der Waals surface area contributed by atoms with Gasteiger partial charge in [0.2, 0.25) is 5.91 Å². The molecule has 0 saturated carbocycles. The van der Waals surface area contributed by atoms with E-state index in [4.69, 9.17) is 11.6 Å². The molecule has 1 aromatic heterocycles. The average molecular weight is 319 g/mol. The molecule has 0 saturated heterocycles. The van der Waals surface area contributed by atoms with Crippen LogP contribution in [0.5, 0.6) is 0 Å². The minimum Gasteiger partial charge on any atom is -0.347 e. The molecule has 0 aliphatic rings. The van der Waals surface area contributed by atoms with Crippen LogP contribution in [0.2, 0.25) is 5.02 Å². The number of benzene rings is 1. The van der Waals surface area contributed by atoms with Crippen molar-refractivity contribution < 1.29 is 4.79 Å². The maximum Gasteiger partial charge on any atom is 0.247 e. The van der Waals surface area contributed by atoms with E-state index in [1.165, 1.54) is 0 Å². The van der Waals surface area contributed by atoms with Crippen molar-refractivity contribution in [3.05, 3.63) is 52.3 Å². The summed E-state index contributed by atoms with van der Waals surface area (Å²) in [6.45, 7) is 5.02. The van der Waals surface area contributed by atoms with E-state index >= 15 is 0 Å². The lowest BCUT2D eigenvalue weighted by Gasteiger charge is -2.04. The number of carbonyl (C=O) groups excluding carboxylic acids is 1. The highest BCUT2D eigenvalue weighted by Gasteiger charge is 2.07. The Morgan fingerprint density at radius 2 is 2.18 bits per heavy atom. The normalized spacial score (nSPS) is 11.5. The number of halogens is 1. The number of aromatic nitrogens is 3. The first-order chi connectivity index (χ1) is 10.6. The first kappa shape index (κ1) is 16.2. The van der Waals surface area contributed by atoms with Gasteiger partial charge in [0.05, 0.1) is 12.7 Å². The number of carbonyl (C=O) groups is 1. The van der Waals surface area contributed by atoms with Crippen LogP contribution in [-0.4, -0.2) is 20.9 Å². The Morgan fingerprint density at radius 1 is 1.41 bits per heavy atom. The van der Waals surface area contributed by atoms with E-state index in [1.807, 2.05) is 24.4 Å². The highest BCUT2D eigenvalue weighted by Crippen LogP contribution is 2.18. The summed E-state index contributed by atoms with van der Waals surface area (Å²) in [5.74, 6) is -0.148. The lowest BCUT2D eigenvalue weighted by atomic mass is 10.1. The Hall–Kier alpha value is -2.14. The van der Waals surface area contributed by atoms with Crippen molar-refractivity contribution in [2.75, 3.05) is 0 Å². The summed E-state index contributed by atoms with van der Waals surface area (Å²) >= 11 is 6.08. The zero-order valence-electron chi connectivity index (χ0n) is 12.7. The Labute approximate surface area is 135 Å². The van der Waals surface area contributed by atoms with E-state index in [2.05, 4.69) is 22.6 Å². The number of nitrogens with one attached hydrogen (secondary N) is 1. The molecule has 0 unspecified atom stereocenters. The highest BCUT2D eigenvalue weighted by atomic mass is 35.5. The van der Waals surface area contributed by atoms with Gasteiger partial charge in [0.1, 0.15) is 5.69 Å². The van der Waals surface area contributed by atoms with Crippen molar-refractivity contribution in [1.82, 2.24) is 20.3 Å². The molecule has 116 valence electrons. The van der Waals surface area contributed by atoms with Gasteiger partial charge in [-0.05, 0) is 31.1 Å². The van der Waals surface area contributed by atoms with Gasteiger partial charge in [-0.25, -0.2) is 0 Å². The molecular formula is C16H19ClN4O. The van der Waals surface area contributed by atoms with Gasteiger partial charge in [-0.15, -0.1) is 5.10 Å². The quantitative estimate of drug-likeness (QED) is 0.833. The smallest absolute Gasteiger partial charge is 0.247 e. The van der Waals surface area contributed by atoms with Gasteiger partial charge < -0.3 is 5.32 Å². The Morgan fingerprint density at radius 3 is 2.91 bits per heavy atom. The lowest BCUT2D eigenvalue weighted by Crippen LogP contribution is -2.23. The van der Waals surface area contributed by atoms with Crippen LogP contribution >= 0.6 is 11.6 Å². The molecule has 0 aliphatic carbocycles. The molecule has 1 aromatic carbocycles. The van der Waals surface area contributed by atoms with E-state index in [-0.39, 0.29) is 5.91 Å². The third kappa shape index (κ3) is 4.43. The summed E-state index contributed by atoms with van der Waals surface area (Å²) in [6.07, 6.45) is 4.61. The summed E-state index contributed by atoms with van der Waals surface area (Å²) in [5.41, 5.74) is 2.16. The van der Waals surface area contributed by atoms with Crippen molar-refractivity contribution in [2.45, 2.75) is 33.4 Å². The predicted octanol–water partition coefficient (Wildman–Crippen LogP) is 3.06. The number of aryl methyl sites for hydroxylation is 1. The van der Waals surface area contributed by atoms with Gasteiger partial charge in [0, 0.05) is 17.1 Å². The van der Waals surface area contributed by atoms with Gasteiger partial charge in [-0.2, -0.15) is 0 Å². The van der Waals surface area contributed by atoms with Crippen LogP contribution in [0.25, 0.3) is 6.08 Å². The molecule has 1 N–H and O–H groups in total. The second-order valence-electron chi connectivity index (χ2n) is 5.00. The predicted molar refractivity (Wildman–Crippen MR) is 87.3 cm³/mol. The molecular weight excluding hydrogens is 300 g/mol. The number of hydrogen-bond donors (Lipinski definition) is 1.